The van der Waals surface area contributed by atoms with Gasteiger partial charge in [-0.3, -0.25) is 19.3 Å². The summed E-state index contributed by atoms with van der Waals surface area (Å²) in [5.74, 6) is -1.15. The topological polar surface area (TPSA) is 113 Å². The van der Waals surface area contributed by atoms with Gasteiger partial charge < -0.3 is 11.1 Å². The Bertz CT molecular complexity index is 990. The number of carbonyl (C=O) groups excluding carboxylic acids is 4. The average molecular weight is 459 g/mol. The van der Waals surface area contributed by atoms with Crippen LogP contribution in [-0.4, -0.2) is 41.7 Å². The first-order valence-corrected chi connectivity index (χ1v) is 9.68. The molecule has 1 aliphatic heterocycles. The lowest BCUT2D eigenvalue weighted by Gasteiger charge is -2.20. The van der Waals surface area contributed by atoms with Crippen molar-refractivity contribution >= 4 is 51.1 Å². The second-order valence-electron chi connectivity index (χ2n) is 6.48. The van der Waals surface area contributed by atoms with E-state index in [0.29, 0.717) is 28.9 Å². The van der Waals surface area contributed by atoms with Crippen molar-refractivity contribution in [2.75, 3.05) is 23.7 Å². The normalized spacial score (nSPS) is 12.7. The molecule has 29 heavy (non-hydrogen) atoms. The van der Waals surface area contributed by atoms with Crippen LogP contribution in [0.4, 0.5) is 16.2 Å². The number of rotatable bonds is 5. The number of urea groups is 1. The van der Waals surface area contributed by atoms with Gasteiger partial charge in [0.25, 0.3) is 11.8 Å². The molecule has 2 aromatic rings. The Hall–Kier alpha value is -3.20. The minimum atomic E-state index is -0.589. The van der Waals surface area contributed by atoms with Crippen molar-refractivity contribution in [1.29, 1.82) is 0 Å². The molecule has 0 bridgehead atoms. The Labute approximate surface area is 175 Å². The van der Waals surface area contributed by atoms with E-state index in [-0.39, 0.29) is 24.9 Å². The Kier molecular flexibility index (Phi) is 5.97. The zero-order valence-electron chi connectivity index (χ0n) is 15.6. The predicted molar refractivity (Wildman–Crippen MR) is 112 cm³/mol. The molecule has 5 amide bonds. The Morgan fingerprint density at radius 2 is 1.72 bits per heavy atom. The van der Waals surface area contributed by atoms with Crippen LogP contribution in [0.3, 0.4) is 0 Å². The fourth-order valence-corrected chi connectivity index (χ4v) is 3.40. The van der Waals surface area contributed by atoms with E-state index in [1.165, 1.54) is 6.92 Å². The second-order valence-corrected chi connectivity index (χ2v) is 7.40. The van der Waals surface area contributed by atoms with Crippen LogP contribution >= 0.6 is 15.9 Å². The number of amides is 5. The molecule has 0 unspecified atom stereocenters. The molecular weight excluding hydrogens is 440 g/mol. The summed E-state index contributed by atoms with van der Waals surface area (Å²) in [7, 11) is 0. The summed E-state index contributed by atoms with van der Waals surface area (Å²) >= 11 is 3.29. The molecule has 1 aliphatic rings. The molecule has 0 radical (unpaired) electrons. The SMILES string of the molecule is CC(=O)N(C(=O)NCCCN1C(=O)c2ccc(Br)cc2C1=O)c1ccc(N)cc1. The Morgan fingerprint density at radius 1 is 1.07 bits per heavy atom. The van der Waals surface area contributed by atoms with E-state index in [2.05, 4.69) is 21.2 Å². The van der Waals surface area contributed by atoms with Gasteiger partial charge in [0.1, 0.15) is 0 Å². The highest BCUT2D eigenvalue weighted by Crippen LogP contribution is 2.26. The first kappa shape index (κ1) is 20.5. The molecule has 2 aromatic carbocycles. The highest BCUT2D eigenvalue weighted by atomic mass is 79.9. The Balaban J connectivity index is 1.56. The quantitative estimate of drug-likeness (QED) is 0.406. The molecule has 0 fully saturated rings. The summed E-state index contributed by atoms with van der Waals surface area (Å²) in [6.45, 7) is 1.63. The number of nitrogen functional groups attached to an aromatic ring is 1. The van der Waals surface area contributed by atoms with Crippen LogP contribution in [0.25, 0.3) is 0 Å². The summed E-state index contributed by atoms with van der Waals surface area (Å²) in [5.41, 5.74) is 7.28. The average Bonchev–Trinajstić information content (AvgIpc) is 2.90. The summed E-state index contributed by atoms with van der Waals surface area (Å²) in [4.78, 5) is 51.3. The number of hydrogen-bond donors (Lipinski definition) is 2. The van der Waals surface area contributed by atoms with Crippen LogP contribution in [0.15, 0.2) is 46.9 Å². The van der Waals surface area contributed by atoms with E-state index in [9.17, 15) is 19.2 Å². The van der Waals surface area contributed by atoms with Gasteiger partial charge in [0.15, 0.2) is 0 Å². The van der Waals surface area contributed by atoms with Gasteiger partial charge in [-0.25, -0.2) is 9.69 Å². The number of carbonyl (C=O) groups is 4. The zero-order valence-corrected chi connectivity index (χ0v) is 17.2. The third-order valence-electron chi connectivity index (χ3n) is 4.44. The van der Waals surface area contributed by atoms with Crippen LogP contribution in [-0.2, 0) is 4.79 Å². The first-order chi connectivity index (χ1) is 13.8. The van der Waals surface area contributed by atoms with E-state index in [1.54, 1.807) is 42.5 Å². The molecule has 0 spiro atoms. The molecule has 0 atom stereocenters. The lowest BCUT2D eigenvalue weighted by molar-refractivity contribution is -0.115. The summed E-state index contributed by atoms with van der Waals surface area (Å²) < 4.78 is 0.721. The fraction of sp³-hybridized carbons (Fsp3) is 0.200. The molecule has 3 rings (SSSR count). The number of halogens is 1. The van der Waals surface area contributed by atoms with E-state index in [1.807, 2.05) is 0 Å². The van der Waals surface area contributed by atoms with E-state index in [0.717, 1.165) is 14.3 Å². The van der Waals surface area contributed by atoms with Crippen molar-refractivity contribution in [3.63, 3.8) is 0 Å². The van der Waals surface area contributed by atoms with Gasteiger partial charge >= 0.3 is 6.03 Å². The maximum Gasteiger partial charge on any atom is 0.328 e. The van der Waals surface area contributed by atoms with Gasteiger partial charge in [-0.1, -0.05) is 15.9 Å². The molecule has 0 aliphatic carbocycles. The van der Waals surface area contributed by atoms with E-state index < -0.39 is 11.9 Å². The third-order valence-corrected chi connectivity index (χ3v) is 4.93. The van der Waals surface area contributed by atoms with Crippen LogP contribution in [0.5, 0.6) is 0 Å². The number of nitrogens with zero attached hydrogens (tertiary/aromatic N) is 2. The second kappa shape index (κ2) is 8.44. The third kappa shape index (κ3) is 4.29. The van der Waals surface area contributed by atoms with Crippen molar-refractivity contribution in [1.82, 2.24) is 10.2 Å². The van der Waals surface area contributed by atoms with Gasteiger partial charge in [0.2, 0.25) is 5.91 Å². The molecule has 3 N–H and O–H groups in total. The van der Waals surface area contributed by atoms with Gasteiger partial charge in [-0.2, -0.15) is 0 Å². The number of anilines is 2. The monoisotopic (exact) mass is 458 g/mol. The lowest BCUT2D eigenvalue weighted by Crippen LogP contribution is -2.44. The summed E-state index contributed by atoms with van der Waals surface area (Å²) in [5, 5.41) is 2.64. The number of imide groups is 2. The lowest BCUT2D eigenvalue weighted by atomic mass is 10.1. The first-order valence-electron chi connectivity index (χ1n) is 8.89. The Morgan fingerprint density at radius 3 is 2.38 bits per heavy atom. The van der Waals surface area contributed by atoms with E-state index >= 15 is 0 Å². The highest BCUT2D eigenvalue weighted by Gasteiger charge is 2.35. The summed E-state index contributed by atoms with van der Waals surface area (Å²) in [6.07, 6.45) is 0.353. The maximum atomic E-state index is 12.4. The van der Waals surface area contributed by atoms with Crippen molar-refractivity contribution in [2.45, 2.75) is 13.3 Å². The number of benzene rings is 2. The number of fused-ring (bicyclic) bond motifs is 1. The molecular formula is C20H19BrN4O4. The minimum absolute atomic E-state index is 0.159. The number of nitrogens with two attached hydrogens (primary N) is 1. The molecule has 1 heterocycles. The molecule has 9 heteroatoms. The van der Waals surface area contributed by atoms with Crippen molar-refractivity contribution in [3.8, 4) is 0 Å². The van der Waals surface area contributed by atoms with E-state index in [4.69, 9.17) is 5.73 Å². The van der Waals surface area contributed by atoms with Gasteiger partial charge in [0.05, 0.1) is 16.8 Å². The highest BCUT2D eigenvalue weighted by molar-refractivity contribution is 9.10. The van der Waals surface area contributed by atoms with Gasteiger partial charge in [-0.05, 0) is 48.9 Å². The zero-order chi connectivity index (χ0) is 21.1. The maximum absolute atomic E-state index is 12.4. The molecule has 0 saturated carbocycles. The molecule has 8 nitrogen and oxygen atoms in total. The number of nitrogens with one attached hydrogen (secondary N) is 1. The largest absolute Gasteiger partial charge is 0.399 e. The fourth-order valence-electron chi connectivity index (χ4n) is 3.04. The summed E-state index contributed by atoms with van der Waals surface area (Å²) in [6, 6.07) is 10.7. The smallest absolute Gasteiger partial charge is 0.328 e. The molecule has 150 valence electrons. The van der Waals surface area contributed by atoms with Crippen LogP contribution < -0.4 is 16.0 Å². The van der Waals surface area contributed by atoms with Gasteiger partial charge in [0, 0.05) is 30.2 Å². The molecule has 0 aromatic heterocycles. The standard InChI is InChI=1S/C20H19BrN4O4/c1-12(26)25(15-6-4-14(22)5-7-15)20(29)23-9-2-10-24-18(27)16-8-3-13(21)11-17(16)19(24)28/h3-8,11H,2,9-10,22H2,1H3,(H,23,29). The van der Waals surface area contributed by atoms with Crippen LogP contribution in [0.2, 0.25) is 0 Å². The number of hydrogen-bond acceptors (Lipinski definition) is 5. The predicted octanol–water partition coefficient (Wildman–Crippen LogP) is 2.78. The molecule has 0 saturated heterocycles. The van der Waals surface area contributed by atoms with Gasteiger partial charge in [-0.15, -0.1) is 0 Å². The van der Waals surface area contributed by atoms with Crippen molar-refractivity contribution < 1.29 is 19.2 Å². The van der Waals surface area contributed by atoms with Crippen molar-refractivity contribution in [3.05, 3.63) is 58.1 Å². The van der Waals surface area contributed by atoms with Crippen LogP contribution in [0, 0.1) is 0 Å². The van der Waals surface area contributed by atoms with Crippen LogP contribution in [0.1, 0.15) is 34.1 Å². The minimum Gasteiger partial charge on any atom is -0.399 e. The van der Waals surface area contributed by atoms with Crippen molar-refractivity contribution in [2.24, 2.45) is 0 Å².